The monoisotopic (exact) mass is 254 g/mol. The Bertz CT molecular complexity index is 484. The number of nitrogens with zero attached hydrogens (tertiary/aromatic N) is 4. The molecule has 1 aromatic rings. The van der Waals surface area contributed by atoms with Crippen molar-refractivity contribution in [3.63, 3.8) is 0 Å². The van der Waals surface area contributed by atoms with Gasteiger partial charge in [-0.25, -0.2) is 0 Å². The van der Waals surface area contributed by atoms with Gasteiger partial charge in [0.05, 0.1) is 6.10 Å². The van der Waals surface area contributed by atoms with Gasteiger partial charge in [0.15, 0.2) is 0 Å². The van der Waals surface area contributed by atoms with Crippen LogP contribution in [0.5, 0.6) is 0 Å². The largest absolute Gasteiger partial charge is 0.391 e. The highest BCUT2D eigenvalue weighted by Gasteiger charge is 2.26. The fourth-order valence-corrected chi connectivity index (χ4v) is 1.95. The highest BCUT2D eigenvalue weighted by molar-refractivity contribution is 5.76. The number of amides is 1. The lowest BCUT2D eigenvalue weighted by atomic mass is 10.3. The van der Waals surface area contributed by atoms with Crippen LogP contribution in [0.3, 0.4) is 0 Å². The minimum atomic E-state index is -0.590. The zero-order chi connectivity index (χ0) is 13.3. The molecule has 1 saturated heterocycles. The van der Waals surface area contributed by atoms with Crippen LogP contribution < -0.4 is 0 Å². The predicted octanol–water partition coefficient (Wildman–Crippen LogP) is -0.307. The van der Waals surface area contributed by atoms with Gasteiger partial charge in [-0.2, -0.15) is 0 Å². The Hall–Kier alpha value is -1.96. The molecule has 1 aliphatic rings. The molecule has 1 N–H and O–H groups in total. The maximum Gasteiger partial charge on any atom is 0.381 e. The number of β-amino-alcohol motifs (C(OH)–C–C–N with tert-alkyl or cyclic N) is 1. The van der Waals surface area contributed by atoms with Gasteiger partial charge in [-0.3, -0.25) is 9.36 Å². The molecule has 1 atom stereocenters. The van der Waals surface area contributed by atoms with Crippen LogP contribution in [0, 0.1) is 17.0 Å². The molecule has 0 aliphatic carbocycles. The molecule has 0 spiro atoms. The van der Waals surface area contributed by atoms with E-state index in [-0.39, 0.29) is 18.3 Å². The summed E-state index contributed by atoms with van der Waals surface area (Å²) in [5, 5.41) is 19.9. The Balaban J connectivity index is 2.05. The summed E-state index contributed by atoms with van der Waals surface area (Å²) in [6, 6.07) is 0. The number of nitro groups is 1. The topological polar surface area (TPSA) is 102 Å². The zero-order valence-electron chi connectivity index (χ0n) is 9.94. The minimum absolute atomic E-state index is 0.0133. The number of rotatable bonds is 3. The normalized spacial score (nSPS) is 19.2. The number of carbonyl (C=O) groups is 1. The van der Waals surface area contributed by atoms with Crippen molar-refractivity contribution in [3.05, 3.63) is 22.1 Å². The summed E-state index contributed by atoms with van der Waals surface area (Å²) in [5.41, 5.74) is 0. The number of likely N-dealkylation sites (tertiary alicyclic amines) is 1. The van der Waals surface area contributed by atoms with E-state index in [4.69, 9.17) is 0 Å². The van der Waals surface area contributed by atoms with Gasteiger partial charge in [0, 0.05) is 20.0 Å². The lowest BCUT2D eigenvalue weighted by molar-refractivity contribution is -0.389. The lowest BCUT2D eigenvalue weighted by Gasteiger charge is -2.15. The average molecular weight is 254 g/mol. The summed E-state index contributed by atoms with van der Waals surface area (Å²) in [4.78, 5) is 27.2. The van der Waals surface area contributed by atoms with Gasteiger partial charge in [0.1, 0.15) is 12.7 Å². The average Bonchev–Trinajstić information content (AvgIpc) is 2.86. The van der Waals surface area contributed by atoms with Gasteiger partial charge >= 0.3 is 5.82 Å². The highest BCUT2D eigenvalue weighted by atomic mass is 16.6. The van der Waals surface area contributed by atoms with E-state index in [1.807, 2.05) is 0 Å². The first-order valence-corrected chi connectivity index (χ1v) is 5.61. The highest BCUT2D eigenvalue weighted by Crippen LogP contribution is 2.13. The number of aliphatic hydroxyl groups is 1. The summed E-state index contributed by atoms with van der Waals surface area (Å²) in [6.07, 6.45) is 1.36. The van der Waals surface area contributed by atoms with E-state index < -0.39 is 11.0 Å². The molecule has 1 aliphatic heterocycles. The molecule has 1 fully saturated rings. The molecule has 0 bridgehead atoms. The second-order valence-corrected chi connectivity index (χ2v) is 4.31. The first kappa shape index (κ1) is 12.5. The second-order valence-electron chi connectivity index (χ2n) is 4.31. The van der Waals surface area contributed by atoms with Crippen molar-refractivity contribution >= 4 is 11.7 Å². The van der Waals surface area contributed by atoms with Crippen molar-refractivity contribution in [3.8, 4) is 0 Å². The number of hydrogen-bond acceptors (Lipinski definition) is 5. The summed E-state index contributed by atoms with van der Waals surface area (Å²) in [7, 11) is 0. The molecule has 0 radical (unpaired) electrons. The number of hydrogen-bond donors (Lipinski definition) is 1. The summed E-state index contributed by atoms with van der Waals surface area (Å²) < 4.78 is 1.45. The first-order chi connectivity index (χ1) is 8.47. The molecule has 98 valence electrons. The molecule has 1 aromatic heterocycles. The molecule has 0 saturated carbocycles. The maximum absolute atomic E-state index is 11.9. The van der Waals surface area contributed by atoms with Gasteiger partial charge in [0.25, 0.3) is 0 Å². The molecule has 18 heavy (non-hydrogen) atoms. The van der Waals surface area contributed by atoms with Crippen LogP contribution in [-0.2, 0) is 11.3 Å². The van der Waals surface area contributed by atoms with Crippen molar-refractivity contribution < 1.29 is 14.8 Å². The van der Waals surface area contributed by atoms with Gasteiger partial charge in [0.2, 0.25) is 11.7 Å². The third-order valence-electron chi connectivity index (χ3n) is 2.97. The van der Waals surface area contributed by atoms with E-state index in [0.717, 1.165) is 0 Å². The third kappa shape index (κ3) is 2.48. The van der Waals surface area contributed by atoms with E-state index in [0.29, 0.717) is 25.3 Å². The van der Waals surface area contributed by atoms with Gasteiger partial charge < -0.3 is 20.1 Å². The fourth-order valence-electron chi connectivity index (χ4n) is 1.95. The van der Waals surface area contributed by atoms with Crippen LogP contribution in [-0.4, -0.2) is 49.6 Å². The predicted molar refractivity (Wildman–Crippen MR) is 60.8 cm³/mol. The number of carbonyl (C=O) groups excluding carboxylic acids is 1. The SMILES string of the molecule is Cc1nc([N+](=O)[O-])cn1CC(=O)N1CC[C@@H](O)C1. The minimum Gasteiger partial charge on any atom is -0.391 e. The Labute approximate surface area is 103 Å². The van der Waals surface area contributed by atoms with Gasteiger partial charge in [-0.05, 0) is 16.3 Å². The molecular formula is C10H14N4O4. The van der Waals surface area contributed by atoms with Gasteiger partial charge in [-0.1, -0.05) is 0 Å². The van der Waals surface area contributed by atoms with E-state index >= 15 is 0 Å². The Kier molecular flexibility index (Phi) is 3.28. The lowest BCUT2D eigenvalue weighted by Crippen LogP contribution is -2.32. The fraction of sp³-hybridized carbons (Fsp3) is 0.600. The van der Waals surface area contributed by atoms with E-state index in [1.165, 1.54) is 10.8 Å². The number of aliphatic hydroxyl groups excluding tert-OH is 1. The van der Waals surface area contributed by atoms with Crippen LogP contribution in [0.15, 0.2) is 6.20 Å². The number of imidazole rings is 1. The van der Waals surface area contributed by atoms with Crippen LogP contribution in [0.25, 0.3) is 0 Å². The molecule has 0 unspecified atom stereocenters. The summed E-state index contributed by atoms with van der Waals surface area (Å²) in [6.45, 7) is 2.48. The van der Waals surface area contributed by atoms with Crippen LogP contribution >= 0.6 is 0 Å². The maximum atomic E-state index is 11.9. The molecular weight excluding hydrogens is 240 g/mol. The van der Waals surface area contributed by atoms with E-state index in [2.05, 4.69) is 4.98 Å². The molecule has 1 amide bonds. The van der Waals surface area contributed by atoms with E-state index in [1.54, 1.807) is 11.8 Å². The van der Waals surface area contributed by atoms with Crippen LogP contribution in [0.2, 0.25) is 0 Å². The Morgan fingerprint density at radius 3 is 2.94 bits per heavy atom. The summed E-state index contributed by atoms with van der Waals surface area (Å²) >= 11 is 0. The molecule has 8 heteroatoms. The zero-order valence-corrected chi connectivity index (χ0v) is 9.94. The Morgan fingerprint density at radius 1 is 1.72 bits per heavy atom. The quantitative estimate of drug-likeness (QED) is 0.589. The standard InChI is InChI=1S/C10H14N4O4/c1-7-11-9(14(17)18)5-13(7)6-10(16)12-3-2-8(15)4-12/h5,8,15H,2-4,6H2,1H3/t8-/m1/s1. The van der Waals surface area contributed by atoms with Crippen molar-refractivity contribution in [1.82, 2.24) is 14.5 Å². The van der Waals surface area contributed by atoms with Crippen molar-refractivity contribution in [1.29, 1.82) is 0 Å². The number of aryl methyl sites for hydroxylation is 1. The molecule has 0 aromatic carbocycles. The molecule has 2 heterocycles. The molecule has 8 nitrogen and oxygen atoms in total. The van der Waals surface area contributed by atoms with Gasteiger partial charge in [-0.15, -0.1) is 0 Å². The van der Waals surface area contributed by atoms with Crippen molar-refractivity contribution in [2.75, 3.05) is 13.1 Å². The number of aromatic nitrogens is 2. The van der Waals surface area contributed by atoms with Crippen LogP contribution in [0.4, 0.5) is 5.82 Å². The van der Waals surface area contributed by atoms with Crippen molar-refractivity contribution in [2.45, 2.75) is 26.0 Å². The smallest absolute Gasteiger partial charge is 0.381 e. The van der Waals surface area contributed by atoms with Crippen LogP contribution in [0.1, 0.15) is 12.2 Å². The first-order valence-electron chi connectivity index (χ1n) is 5.61. The Morgan fingerprint density at radius 2 is 2.44 bits per heavy atom. The summed E-state index contributed by atoms with van der Waals surface area (Å²) in [5.74, 6) is -0.00139. The third-order valence-corrected chi connectivity index (χ3v) is 2.97. The van der Waals surface area contributed by atoms with Crippen molar-refractivity contribution in [2.24, 2.45) is 0 Å². The van der Waals surface area contributed by atoms with E-state index in [9.17, 15) is 20.0 Å². The second kappa shape index (κ2) is 4.73. The molecule has 2 rings (SSSR count).